The van der Waals surface area contributed by atoms with Gasteiger partial charge in [-0.15, -0.1) is 0 Å². The minimum Gasteiger partial charge on any atom is -0.377 e. The zero-order valence-corrected chi connectivity index (χ0v) is 8.59. The predicted molar refractivity (Wildman–Crippen MR) is 51.0 cm³/mol. The molecule has 0 rings (SSSR count). The van der Waals surface area contributed by atoms with Crippen molar-refractivity contribution in [3.63, 3.8) is 0 Å². The molecule has 0 amide bonds. The number of ether oxygens (including phenoxy) is 1. The molecular formula is C8H16O4S. The van der Waals surface area contributed by atoms with Crippen molar-refractivity contribution in [1.82, 2.24) is 0 Å². The topological polar surface area (TPSA) is 63.6 Å². The van der Waals surface area contributed by atoms with Gasteiger partial charge >= 0.3 is 0 Å². The van der Waals surface area contributed by atoms with Gasteiger partial charge < -0.3 is 4.74 Å². The molecule has 0 saturated heterocycles. The first-order valence-corrected chi connectivity index (χ1v) is 5.78. The number of unbranched alkanes of at least 4 members (excludes halogenated alkanes) is 2. The van der Waals surface area contributed by atoms with Gasteiger partial charge in [0.25, 0.3) is 10.1 Å². The van der Waals surface area contributed by atoms with Gasteiger partial charge in [0.15, 0.2) is 0 Å². The van der Waals surface area contributed by atoms with Crippen LogP contribution in [0.4, 0.5) is 0 Å². The van der Waals surface area contributed by atoms with Crippen molar-refractivity contribution in [3.8, 4) is 0 Å². The second kappa shape index (κ2) is 7.06. The summed E-state index contributed by atoms with van der Waals surface area (Å²) in [7, 11) is -3.98. The van der Waals surface area contributed by atoms with E-state index in [9.17, 15) is 8.42 Å². The quantitative estimate of drug-likeness (QED) is 0.510. The van der Waals surface area contributed by atoms with E-state index in [1.165, 1.54) is 6.08 Å². The van der Waals surface area contributed by atoms with Crippen molar-refractivity contribution in [2.75, 3.05) is 13.2 Å². The van der Waals surface area contributed by atoms with Crippen LogP contribution in [0.3, 0.4) is 0 Å². The third-order valence-corrected chi connectivity index (χ3v) is 1.91. The van der Waals surface area contributed by atoms with E-state index in [1.807, 2.05) is 0 Å². The van der Waals surface area contributed by atoms with E-state index in [4.69, 9.17) is 9.29 Å². The molecule has 0 bridgehead atoms. The second-order valence-electron chi connectivity index (χ2n) is 2.67. The molecule has 0 aliphatic rings. The first-order valence-electron chi connectivity index (χ1n) is 4.28. The van der Waals surface area contributed by atoms with Crippen LogP contribution < -0.4 is 0 Å². The van der Waals surface area contributed by atoms with E-state index < -0.39 is 10.1 Å². The van der Waals surface area contributed by atoms with E-state index in [2.05, 4.69) is 6.92 Å². The lowest BCUT2D eigenvalue weighted by atomic mass is 10.3. The van der Waals surface area contributed by atoms with E-state index in [1.54, 1.807) is 0 Å². The molecule has 0 aromatic carbocycles. The molecule has 0 unspecified atom stereocenters. The summed E-state index contributed by atoms with van der Waals surface area (Å²) in [6.45, 7) is 2.95. The van der Waals surface area contributed by atoms with Crippen LogP contribution in [0.5, 0.6) is 0 Å². The largest absolute Gasteiger partial charge is 0.377 e. The van der Waals surface area contributed by atoms with E-state index in [-0.39, 0.29) is 6.61 Å². The van der Waals surface area contributed by atoms with Crippen molar-refractivity contribution in [3.05, 3.63) is 11.5 Å². The van der Waals surface area contributed by atoms with Gasteiger partial charge in [0.2, 0.25) is 0 Å². The SMILES string of the molecule is CCCCCOCC=CS(=O)(=O)O. The van der Waals surface area contributed by atoms with E-state index in [0.717, 1.165) is 24.7 Å². The average molecular weight is 208 g/mol. The highest BCUT2D eigenvalue weighted by Gasteiger charge is 1.93. The molecule has 0 fully saturated rings. The fraction of sp³-hybridized carbons (Fsp3) is 0.750. The molecule has 0 radical (unpaired) electrons. The highest BCUT2D eigenvalue weighted by atomic mass is 32.2. The van der Waals surface area contributed by atoms with Crippen LogP contribution in [0.25, 0.3) is 0 Å². The summed E-state index contributed by atoms with van der Waals surface area (Å²) < 4.78 is 33.7. The van der Waals surface area contributed by atoms with Gasteiger partial charge in [-0.3, -0.25) is 4.55 Å². The van der Waals surface area contributed by atoms with Gasteiger partial charge in [0, 0.05) is 6.61 Å². The van der Waals surface area contributed by atoms with Gasteiger partial charge in [-0.05, 0) is 12.5 Å². The fourth-order valence-electron chi connectivity index (χ4n) is 0.766. The molecule has 0 aromatic rings. The highest BCUT2D eigenvalue weighted by molar-refractivity contribution is 7.88. The number of rotatable bonds is 7. The zero-order chi connectivity index (χ0) is 10.2. The predicted octanol–water partition coefficient (Wildman–Crippen LogP) is 1.59. The number of hydrogen-bond acceptors (Lipinski definition) is 3. The Morgan fingerprint density at radius 1 is 1.38 bits per heavy atom. The van der Waals surface area contributed by atoms with Crippen molar-refractivity contribution >= 4 is 10.1 Å². The Bertz CT molecular complexity index is 231. The Balaban J connectivity index is 3.31. The third kappa shape index (κ3) is 11.6. The van der Waals surface area contributed by atoms with Gasteiger partial charge in [0.1, 0.15) is 0 Å². The molecule has 0 aliphatic carbocycles. The third-order valence-electron chi connectivity index (χ3n) is 1.37. The molecule has 0 heterocycles. The number of hydrogen-bond donors (Lipinski definition) is 1. The van der Waals surface area contributed by atoms with Gasteiger partial charge in [-0.25, -0.2) is 0 Å². The molecule has 78 valence electrons. The molecule has 4 nitrogen and oxygen atoms in total. The summed E-state index contributed by atoms with van der Waals surface area (Å²) in [5, 5.41) is 0.729. The minimum atomic E-state index is -3.98. The zero-order valence-electron chi connectivity index (χ0n) is 7.77. The minimum absolute atomic E-state index is 0.226. The normalized spacial score (nSPS) is 12.5. The monoisotopic (exact) mass is 208 g/mol. The van der Waals surface area contributed by atoms with Crippen molar-refractivity contribution in [2.24, 2.45) is 0 Å². The molecule has 13 heavy (non-hydrogen) atoms. The molecule has 0 atom stereocenters. The van der Waals surface area contributed by atoms with Crippen molar-refractivity contribution < 1.29 is 17.7 Å². The first-order chi connectivity index (χ1) is 6.06. The summed E-state index contributed by atoms with van der Waals surface area (Å²) in [5.74, 6) is 0. The van der Waals surface area contributed by atoms with Crippen LogP contribution in [0.2, 0.25) is 0 Å². The first kappa shape index (κ1) is 12.6. The Hall–Kier alpha value is -0.390. The van der Waals surface area contributed by atoms with Crippen LogP contribution in [0.15, 0.2) is 11.5 Å². The van der Waals surface area contributed by atoms with Gasteiger partial charge in [-0.2, -0.15) is 8.42 Å². The summed E-state index contributed by atoms with van der Waals surface area (Å²) >= 11 is 0. The second-order valence-corrected chi connectivity index (χ2v) is 3.97. The maximum absolute atomic E-state index is 10.2. The Morgan fingerprint density at radius 3 is 2.62 bits per heavy atom. The molecule has 0 aliphatic heterocycles. The molecule has 1 N–H and O–H groups in total. The van der Waals surface area contributed by atoms with E-state index in [0.29, 0.717) is 6.61 Å². The van der Waals surface area contributed by atoms with Crippen LogP contribution in [-0.4, -0.2) is 26.2 Å². The van der Waals surface area contributed by atoms with Crippen molar-refractivity contribution in [1.29, 1.82) is 0 Å². The lowest BCUT2D eigenvalue weighted by molar-refractivity contribution is 0.157. The molecule has 0 aromatic heterocycles. The molecular weight excluding hydrogens is 192 g/mol. The van der Waals surface area contributed by atoms with Crippen LogP contribution >= 0.6 is 0 Å². The smallest absolute Gasteiger partial charge is 0.287 e. The van der Waals surface area contributed by atoms with Crippen molar-refractivity contribution in [2.45, 2.75) is 26.2 Å². The maximum Gasteiger partial charge on any atom is 0.287 e. The van der Waals surface area contributed by atoms with Crippen LogP contribution in [-0.2, 0) is 14.9 Å². The lowest BCUT2D eigenvalue weighted by Gasteiger charge is -1.98. The molecule has 0 saturated carbocycles. The fourth-order valence-corrected chi connectivity index (χ4v) is 1.09. The molecule has 0 spiro atoms. The summed E-state index contributed by atoms with van der Waals surface area (Å²) in [5.41, 5.74) is 0. The van der Waals surface area contributed by atoms with Crippen LogP contribution in [0, 0.1) is 0 Å². The van der Waals surface area contributed by atoms with Gasteiger partial charge in [0.05, 0.1) is 12.0 Å². The Labute approximate surface area is 79.3 Å². The molecule has 5 heteroatoms. The summed E-state index contributed by atoms with van der Waals surface area (Å²) in [6.07, 6.45) is 4.50. The highest BCUT2D eigenvalue weighted by Crippen LogP contribution is 1.94. The Kier molecular flexibility index (Phi) is 6.84. The Morgan fingerprint density at radius 2 is 2.08 bits per heavy atom. The standard InChI is InChI=1S/C8H16O4S/c1-2-3-4-6-12-7-5-8-13(9,10)11/h5,8H,2-4,6-7H2,1H3,(H,9,10,11). The lowest BCUT2D eigenvalue weighted by Crippen LogP contribution is -1.96. The maximum atomic E-state index is 10.2. The summed E-state index contributed by atoms with van der Waals surface area (Å²) in [6, 6.07) is 0. The van der Waals surface area contributed by atoms with Crippen LogP contribution in [0.1, 0.15) is 26.2 Å². The average Bonchev–Trinajstić information content (AvgIpc) is 2.01. The van der Waals surface area contributed by atoms with E-state index >= 15 is 0 Å². The van der Waals surface area contributed by atoms with Gasteiger partial charge in [-0.1, -0.05) is 19.8 Å². The summed E-state index contributed by atoms with van der Waals surface area (Å²) in [4.78, 5) is 0.